The Morgan fingerprint density at radius 3 is 2.78 bits per heavy atom. The van der Waals surface area contributed by atoms with Crippen molar-refractivity contribution < 1.29 is 4.74 Å². The fourth-order valence-corrected chi connectivity index (χ4v) is 2.70. The molecule has 0 atom stereocenters. The molecule has 2 rings (SSSR count). The number of hydrogen-bond acceptors (Lipinski definition) is 3. The molecule has 0 unspecified atom stereocenters. The minimum atomic E-state index is -0.0181. The van der Waals surface area contributed by atoms with Crippen LogP contribution in [0.4, 0.5) is 5.69 Å². The largest absolute Gasteiger partial charge is 0.389 e. The topological polar surface area (TPSA) is 47.3 Å². The Labute approximate surface area is 121 Å². The lowest BCUT2D eigenvalue weighted by Crippen LogP contribution is -2.45. The molecule has 0 saturated heterocycles. The summed E-state index contributed by atoms with van der Waals surface area (Å²) in [5.41, 5.74) is 7.54. The predicted octanol–water partition coefficient (Wildman–Crippen LogP) is 3.06. The highest BCUT2D eigenvalue weighted by Gasteiger charge is 2.36. The van der Waals surface area contributed by atoms with E-state index in [9.17, 15) is 0 Å². The van der Waals surface area contributed by atoms with Crippen molar-refractivity contribution in [1.29, 1.82) is 0 Å². The number of nitrogens with two attached hydrogens (primary N) is 1. The summed E-state index contributed by atoms with van der Waals surface area (Å²) in [5.74, 6) is 0. The van der Waals surface area contributed by atoms with Crippen LogP contribution in [0.15, 0.2) is 22.7 Å². The van der Waals surface area contributed by atoms with Gasteiger partial charge in [-0.2, -0.15) is 0 Å². The van der Waals surface area contributed by atoms with Crippen molar-refractivity contribution in [3.05, 3.63) is 28.2 Å². The molecule has 5 heteroatoms. The van der Waals surface area contributed by atoms with Gasteiger partial charge in [0.25, 0.3) is 0 Å². The van der Waals surface area contributed by atoms with Crippen LogP contribution in [0.25, 0.3) is 0 Å². The summed E-state index contributed by atoms with van der Waals surface area (Å²) in [5, 5.41) is 3.41. The maximum absolute atomic E-state index is 5.73. The number of hydrogen-bond donors (Lipinski definition) is 2. The Morgan fingerprint density at radius 1 is 1.56 bits per heavy atom. The van der Waals surface area contributed by atoms with E-state index >= 15 is 0 Å². The van der Waals surface area contributed by atoms with Gasteiger partial charge >= 0.3 is 0 Å². The summed E-state index contributed by atoms with van der Waals surface area (Å²) in [6, 6.07) is 5.86. The van der Waals surface area contributed by atoms with Crippen molar-refractivity contribution >= 4 is 38.8 Å². The fourth-order valence-electron chi connectivity index (χ4n) is 2.16. The van der Waals surface area contributed by atoms with E-state index < -0.39 is 0 Å². The second kappa shape index (κ2) is 5.55. The Balaban J connectivity index is 2.12. The molecule has 0 heterocycles. The molecule has 1 fully saturated rings. The van der Waals surface area contributed by atoms with Crippen LogP contribution in [0.5, 0.6) is 0 Å². The molecule has 98 valence electrons. The third kappa shape index (κ3) is 2.84. The second-order valence-electron chi connectivity index (χ2n) is 4.65. The molecule has 1 saturated carbocycles. The van der Waals surface area contributed by atoms with Gasteiger partial charge in [-0.25, -0.2) is 0 Å². The van der Waals surface area contributed by atoms with Crippen molar-refractivity contribution in [2.24, 2.45) is 5.73 Å². The maximum Gasteiger partial charge on any atom is 0.106 e. The van der Waals surface area contributed by atoms with Crippen molar-refractivity contribution in [2.75, 3.05) is 19.0 Å². The molecule has 0 bridgehead atoms. The zero-order chi connectivity index (χ0) is 13.2. The Kier molecular flexibility index (Phi) is 4.25. The number of benzene rings is 1. The van der Waals surface area contributed by atoms with E-state index in [1.54, 1.807) is 7.11 Å². The minimum absolute atomic E-state index is 0.0181. The van der Waals surface area contributed by atoms with E-state index in [-0.39, 0.29) is 5.60 Å². The third-order valence-electron chi connectivity index (χ3n) is 3.55. The molecular formula is C13H17BrN2OS. The van der Waals surface area contributed by atoms with Gasteiger partial charge in [-0.1, -0.05) is 28.1 Å². The van der Waals surface area contributed by atoms with Crippen LogP contribution < -0.4 is 11.1 Å². The SMILES string of the molecule is COC1(CNc2cc(Br)ccc2C(N)=S)CCC1. The summed E-state index contributed by atoms with van der Waals surface area (Å²) in [4.78, 5) is 0.407. The van der Waals surface area contributed by atoms with Crippen LogP contribution in [0.2, 0.25) is 0 Å². The number of anilines is 1. The van der Waals surface area contributed by atoms with Gasteiger partial charge in [-0.05, 0) is 37.5 Å². The maximum atomic E-state index is 5.73. The standard InChI is InChI=1S/C13H17BrN2OS/c1-17-13(5-2-6-13)8-16-11-7-9(14)3-4-10(11)12(15)18/h3-4,7,16H,2,5-6,8H2,1H3,(H2,15,18). The van der Waals surface area contributed by atoms with Crippen molar-refractivity contribution in [2.45, 2.75) is 24.9 Å². The number of rotatable bonds is 5. The van der Waals surface area contributed by atoms with E-state index in [4.69, 9.17) is 22.7 Å². The van der Waals surface area contributed by atoms with Crippen molar-refractivity contribution in [3.63, 3.8) is 0 Å². The zero-order valence-corrected chi connectivity index (χ0v) is 12.7. The molecule has 0 amide bonds. The molecular weight excluding hydrogens is 312 g/mol. The predicted molar refractivity (Wildman–Crippen MR) is 82.1 cm³/mol. The highest BCUT2D eigenvalue weighted by molar-refractivity contribution is 9.10. The average Bonchev–Trinajstić information content (AvgIpc) is 2.28. The van der Waals surface area contributed by atoms with Crippen LogP contribution in [0.1, 0.15) is 24.8 Å². The molecule has 0 radical (unpaired) electrons. The van der Waals surface area contributed by atoms with Gasteiger partial charge in [0.15, 0.2) is 0 Å². The van der Waals surface area contributed by atoms with E-state index in [2.05, 4.69) is 21.2 Å². The van der Waals surface area contributed by atoms with Crippen molar-refractivity contribution in [3.8, 4) is 0 Å². The van der Waals surface area contributed by atoms with E-state index in [1.165, 1.54) is 6.42 Å². The second-order valence-corrected chi connectivity index (χ2v) is 6.00. The first-order chi connectivity index (χ1) is 8.56. The van der Waals surface area contributed by atoms with Gasteiger partial charge in [0.05, 0.1) is 5.60 Å². The molecule has 0 aliphatic heterocycles. The van der Waals surface area contributed by atoms with Gasteiger partial charge in [0.1, 0.15) is 4.99 Å². The van der Waals surface area contributed by atoms with Crippen molar-refractivity contribution in [1.82, 2.24) is 0 Å². The summed E-state index contributed by atoms with van der Waals surface area (Å²) < 4.78 is 6.59. The monoisotopic (exact) mass is 328 g/mol. The third-order valence-corrected chi connectivity index (χ3v) is 4.26. The van der Waals surface area contributed by atoms with Gasteiger partial charge in [-0.3, -0.25) is 0 Å². The van der Waals surface area contributed by atoms with Crippen LogP contribution >= 0.6 is 28.1 Å². The lowest BCUT2D eigenvalue weighted by Gasteiger charge is -2.40. The highest BCUT2D eigenvalue weighted by Crippen LogP contribution is 2.35. The zero-order valence-electron chi connectivity index (χ0n) is 10.3. The highest BCUT2D eigenvalue weighted by atomic mass is 79.9. The number of thiocarbonyl (C=S) groups is 1. The Hall–Kier alpha value is -0.650. The van der Waals surface area contributed by atoms with Crippen LogP contribution in [0.3, 0.4) is 0 Å². The van der Waals surface area contributed by atoms with Crippen LogP contribution in [-0.2, 0) is 4.74 Å². The quantitative estimate of drug-likeness (QED) is 0.815. The van der Waals surface area contributed by atoms with Gasteiger partial charge < -0.3 is 15.8 Å². The minimum Gasteiger partial charge on any atom is -0.389 e. The average molecular weight is 329 g/mol. The van der Waals surface area contributed by atoms with E-state index in [0.717, 1.165) is 35.1 Å². The first-order valence-corrected chi connectivity index (χ1v) is 7.15. The Morgan fingerprint density at radius 2 is 2.28 bits per heavy atom. The Bertz CT molecular complexity index is 455. The molecule has 1 aliphatic carbocycles. The normalized spacial score (nSPS) is 17.0. The summed E-state index contributed by atoms with van der Waals surface area (Å²) >= 11 is 8.52. The lowest BCUT2D eigenvalue weighted by molar-refractivity contribution is -0.0601. The number of nitrogens with one attached hydrogen (secondary N) is 1. The fraction of sp³-hybridized carbons (Fsp3) is 0.462. The first kappa shape index (κ1) is 13.8. The number of ether oxygens (including phenoxy) is 1. The van der Waals surface area contributed by atoms with Crippen LogP contribution in [0, 0.1) is 0 Å². The molecule has 1 aromatic carbocycles. The summed E-state index contributed by atoms with van der Waals surface area (Å²) in [6.45, 7) is 0.787. The first-order valence-electron chi connectivity index (χ1n) is 5.95. The smallest absolute Gasteiger partial charge is 0.106 e. The molecule has 1 aromatic rings. The van der Waals surface area contributed by atoms with Crippen LogP contribution in [-0.4, -0.2) is 24.2 Å². The molecule has 3 nitrogen and oxygen atoms in total. The molecule has 0 aromatic heterocycles. The van der Waals surface area contributed by atoms with Gasteiger partial charge in [-0.15, -0.1) is 0 Å². The van der Waals surface area contributed by atoms with Gasteiger partial charge in [0.2, 0.25) is 0 Å². The lowest BCUT2D eigenvalue weighted by atomic mass is 9.80. The van der Waals surface area contributed by atoms with Gasteiger partial charge in [0, 0.05) is 29.4 Å². The molecule has 0 spiro atoms. The molecule has 3 N–H and O–H groups in total. The van der Waals surface area contributed by atoms with E-state index in [0.29, 0.717) is 4.99 Å². The number of halogens is 1. The summed E-state index contributed by atoms with van der Waals surface area (Å²) in [6.07, 6.45) is 3.44. The molecule has 1 aliphatic rings. The van der Waals surface area contributed by atoms with E-state index in [1.807, 2.05) is 18.2 Å². The number of methoxy groups -OCH3 is 1. The molecule has 18 heavy (non-hydrogen) atoms. The summed E-state index contributed by atoms with van der Waals surface area (Å²) in [7, 11) is 1.77.